The van der Waals surface area contributed by atoms with E-state index in [1.807, 2.05) is 30.3 Å². The van der Waals surface area contributed by atoms with Crippen molar-refractivity contribution in [3.8, 4) is 0 Å². The lowest BCUT2D eigenvalue weighted by Crippen LogP contribution is -2.24. The molecule has 0 saturated heterocycles. The van der Waals surface area contributed by atoms with Crippen LogP contribution in [0, 0.1) is 10.1 Å². The number of nitro groups is 1. The van der Waals surface area contributed by atoms with Crippen molar-refractivity contribution in [3.63, 3.8) is 0 Å². The van der Waals surface area contributed by atoms with E-state index in [4.69, 9.17) is 0 Å². The number of hydrogen-bond donors (Lipinski definition) is 0. The van der Waals surface area contributed by atoms with Crippen molar-refractivity contribution < 1.29 is 9.72 Å². The topological polar surface area (TPSA) is 76.3 Å². The Morgan fingerprint density at radius 1 is 1.25 bits per heavy atom. The lowest BCUT2D eigenvalue weighted by atomic mass is 10.2. The second-order valence-corrected chi connectivity index (χ2v) is 4.15. The van der Waals surface area contributed by atoms with Gasteiger partial charge in [0.05, 0.1) is 4.92 Å². The first-order chi connectivity index (χ1) is 9.70. The van der Waals surface area contributed by atoms with E-state index < -0.39 is 4.92 Å². The number of rotatable bonds is 6. The summed E-state index contributed by atoms with van der Waals surface area (Å²) in [4.78, 5) is 26.9. The first-order valence-electron chi connectivity index (χ1n) is 6.07. The molecule has 0 saturated carbocycles. The maximum Gasteiger partial charge on any atom is 0.272 e. The molecule has 1 aromatic heterocycles. The fourth-order valence-corrected chi connectivity index (χ4v) is 1.81. The second-order valence-electron chi connectivity index (χ2n) is 4.15. The molecule has 0 spiro atoms. The number of para-hydroxylation sites is 1. The van der Waals surface area contributed by atoms with Crippen LogP contribution in [0.1, 0.15) is 5.69 Å². The summed E-state index contributed by atoms with van der Waals surface area (Å²) in [6.45, 7) is 0.418. The summed E-state index contributed by atoms with van der Waals surface area (Å²) in [6.07, 6.45) is 2.60. The quantitative estimate of drug-likeness (QED) is 0.458. The Hall–Kier alpha value is -2.76. The van der Waals surface area contributed by atoms with Crippen LogP contribution in [0.4, 0.5) is 11.4 Å². The number of nitrogens with zero attached hydrogens (tertiary/aromatic N) is 3. The minimum Gasteiger partial charge on any atom is -0.315 e. The van der Waals surface area contributed by atoms with Crippen LogP contribution < -0.4 is 4.90 Å². The summed E-state index contributed by atoms with van der Waals surface area (Å²) in [6, 6.07) is 12.0. The summed E-state index contributed by atoms with van der Waals surface area (Å²) < 4.78 is 0. The van der Waals surface area contributed by atoms with Crippen LogP contribution in [-0.4, -0.2) is 22.9 Å². The second kappa shape index (κ2) is 6.42. The normalized spacial score (nSPS) is 10.0. The first-order valence-corrected chi connectivity index (χ1v) is 6.07. The highest BCUT2D eigenvalue weighted by Gasteiger charge is 2.09. The van der Waals surface area contributed by atoms with E-state index >= 15 is 0 Å². The third-order valence-electron chi connectivity index (χ3n) is 2.83. The number of pyridine rings is 1. The zero-order chi connectivity index (χ0) is 14.4. The molecule has 2 aromatic rings. The van der Waals surface area contributed by atoms with Gasteiger partial charge in [-0.3, -0.25) is 19.9 Å². The van der Waals surface area contributed by atoms with Crippen molar-refractivity contribution in [3.05, 3.63) is 64.5 Å². The molecule has 20 heavy (non-hydrogen) atoms. The van der Waals surface area contributed by atoms with Crippen LogP contribution in [-0.2, 0) is 11.2 Å². The Labute approximate surface area is 115 Å². The average Bonchev–Trinajstić information content (AvgIpc) is 2.49. The first kappa shape index (κ1) is 13.7. The highest BCUT2D eigenvalue weighted by Crippen LogP contribution is 2.14. The summed E-state index contributed by atoms with van der Waals surface area (Å²) in [5.74, 6) is 0. The molecule has 0 aliphatic rings. The third-order valence-corrected chi connectivity index (χ3v) is 2.83. The predicted octanol–water partition coefficient (Wildman–Crippen LogP) is 2.20. The molecule has 0 atom stereocenters. The molecule has 0 aliphatic carbocycles. The van der Waals surface area contributed by atoms with Crippen LogP contribution in [0.25, 0.3) is 0 Å². The van der Waals surface area contributed by atoms with Gasteiger partial charge >= 0.3 is 0 Å². The molecule has 0 unspecified atom stereocenters. The number of aromatic nitrogens is 1. The highest BCUT2D eigenvalue weighted by atomic mass is 16.6. The molecule has 6 nitrogen and oxygen atoms in total. The largest absolute Gasteiger partial charge is 0.315 e. The summed E-state index contributed by atoms with van der Waals surface area (Å²) in [5, 5.41) is 10.7. The smallest absolute Gasteiger partial charge is 0.272 e. The van der Waals surface area contributed by atoms with Crippen molar-refractivity contribution >= 4 is 17.8 Å². The van der Waals surface area contributed by atoms with Gasteiger partial charge in [0, 0.05) is 42.7 Å². The maximum absolute atomic E-state index is 11.1. The van der Waals surface area contributed by atoms with Gasteiger partial charge in [0.1, 0.15) is 0 Å². The number of carbonyl (C=O) groups is 1. The summed E-state index contributed by atoms with van der Waals surface area (Å²) in [5.41, 5.74) is 1.38. The third kappa shape index (κ3) is 3.38. The fraction of sp³-hybridized carbons (Fsp3) is 0.143. The summed E-state index contributed by atoms with van der Waals surface area (Å²) in [7, 11) is 0. The van der Waals surface area contributed by atoms with Gasteiger partial charge in [0.15, 0.2) is 0 Å². The van der Waals surface area contributed by atoms with Crippen LogP contribution >= 0.6 is 0 Å². The van der Waals surface area contributed by atoms with Crippen molar-refractivity contribution in [1.29, 1.82) is 0 Å². The zero-order valence-corrected chi connectivity index (χ0v) is 10.7. The average molecular weight is 271 g/mol. The van der Waals surface area contributed by atoms with Gasteiger partial charge < -0.3 is 4.90 Å². The molecule has 0 aliphatic heterocycles. The SMILES string of the molecule is O=CN(CCc1cc([N+](=O)[O-])ccn1)c1ccccc1. The Morgan fingerprint density at radius 3 is 2.65 bits per heavy atom. The molecule has 0 bridgehead atoms. The molecule has 1 heterocycles. The highest BCUT2D eigenvalue weighted by molar-refractivity contribution is 5.74. The molecular weight excluding hydrogens is 258 g/mol. The van der Waals surface area contributed by atoms with E-state index in [2.05, 4.69) is 4.98 Å². The number of anilines is 1. The molecule has 1 amide bonds. The predicted molar refractivity (Wildman–Crippen MR) is 74.4 cm³/mol. The van der Waals surface area contributed by atoms with Crippen molar-refractivity contribution in [1.82, 2.24) is 4.98 Å². The Morgan fingerprint density at radius 2 is 2.00 bits per heavy atom. The van der Waals surface area contributed by atoms with Gasteiger partial charge in [-0.05, 0) is 12.1 Å². The van der Waals surface area contributed by atoms with E-state index in [1.54, 1.807) is 4.90 Å². The maximum atomic E-state index is 11.1. The molecule has 0 fully saturated rings. The van der Waals surface area contributed by atoms with Gasteiger partial charge in [0.25, 0.3) is 5.69 Å². The minimum absolute atomic E-state index is 0.00682. The zero-order valence-electron chi connectivity index (χ0n) is 10.7. The Balaban J connectivity index is 2.05. The van der Waals surface area contributed by atoms with E-state index in [9.17, 15) is 14.9 Å². The number of benzene rings is 1. The van der Waals surface area contributed by atoms with Gasteiger partial charge in [-0.2, -0.15) is 0 Å². The molecule has 102 valence electrons. The standard InChI is InChI=1S/C14H13N3O3/c18-11-16(13-4-2-1-3-5-13)9-7-12-10-14(17(19)20)6-8-15-12/h1-6,8,10-11H,7,9H2. The lowest BCUT2D eigenvalue weighted by Gasteiger charge is -2.16. The van der Waals surface area contributed by atoms with E-state index in [0.29, 0.717) is 18.7 Å². The molecule has 2 rings (SSSR count). The van der Waals surface area contributed by atoms with Gasteiger partial charge in [-0.15, -0.1) is 0 Å². The number of carbonyl (C=O) groups excluding carboxylic acids is 1. The Kier molecular flexibility index (Phi) is 4.39. The number of amides is 1. The van der Waals surface area contributed by atoms with Crippen molar-refractivity contribution in [2.45, 2.75) is 6.42 Å². The van der Waals surface area contributed by atoms with E-state index in [0.717, 1.165) is 12.1 Å². The molecule has 0 N–H and O–H groups in total. The molecule has 1 aromatic carbocycles. The Bertz CT molecular complexity index is 602. The van der Waals surface area contributed by atoms with Gasteiger partial charge in [-0.25, -0.2) is 0 Å². The van der Waals surface area contributed by atoms with Crippen LogP contribution in [0.5, 0.6) is 0 Å². The van der Waals surface area contributed by atoms with Crippen LogP contribution in [0.3, 0.4) is 0 Å². The monoisotopic (exact) mass is 271 g/mol. The van der Waals surface area contributed by atoms with Gasteiger partial charge in [0.2, 0.25) is 6.41 Å². The van der Waals surface area contributed by atoms with Crippen LogP contribution in [0.2, 0.25) is 0 Å². The summed E-state index contributed by atoms with van der Waals surface area (Å²) >= 11 is 0. The number of hydrogen-bond acceptors (Lipinski definition) is 4. The van der Waals surface area contributed by atoms with E-state index in [1.165, 1.54) is 18.3 Å². The fourth-order valence-electron chi connectivity index (χ4n) is 1.81. The minimum atomic E-state index is -0.458. The van der Waals surface area contributed by atoms with Gasteiger partial charge in [-0.1, -0.05) is 18.2 Å². The van der Waals surface area contributed by atoms with Crippen molar-refractivity contribution in [2.75, 3.05) is 11.4 Å². The molecule has 6 heteroatoms. The van der Waals surface area contributed by atoms with E-state index in [-0.39, 0.29) is 5.69 Å². The molecule has 0 radical (unpaired) electrons. The lowest BCUT2D eigenvalue weighted by molar-refractivity contribution is -0.385. The van der Waals surface area contributed by atoms with Crippen molar-refractivity contribution in [2.24, 2.45) is 0 Å². The molecular formula is C14H13N3O3. The van der Waals surface area contributed by atoms with Crippen LogP contribution in [0.15, 0.2) is 48.7 Å².